The minimum absolute atomic E-state index is 0.229. The zero-order chi connectivity index (χ0) is 13.7. The van der Waals surface area contributed by atoms with Gasteiger partial charge in [-0.3, -0.25) is 9.59 Å². The maximum absolute atomic E-state index is 13.4. The van der Waals surface area contributed by atoms with Gasteiger partial charge in [0.05, 0.1) is 10.2 Å². The molecule has 6 heteroatoms. The summed E-state index contributed by atoms with van der Waals surface area (Å²) in [5.74, 6) is -1.14. The van der Waals surface area contributed by atoms with E-state index in [9.17, 15) is 14.0 Å². The molecule has 0 radical (unpaired) electrons. The first-order valence-electron chi connectivity index (χ1n) is 5.98. The smallest absolute Gasteiger partial charge is 0.262 e. The van der Waals surface area contributed by atoms with Crippen LogP contribution in [0.3, 0.4) is 0 Å². The van der Waals surface area contributed by atoms with Crippen LogP contribution in [0.2, 0.25) is 0 Å². The third-order valence-electron chi connectivity index (χ3n) is 3.49. The Balaban J connectivity index is 2.08. The third-order valence-corrected chi connectivity index (χ3v) is 4.10. The topological polar surface area (TPSA) is 46.6 Å². The van der Waals surface area contributed by atoms with Crippen molar-refractivity contribution in [2.45, 2.75) is 32.0 Å². The first-order chi connectivity index (χ1) is 8.99. The van der Waals surface area contributed by atoms with Crippen molar-refractivity contribution in [1.82, 2.24) is 0 Å². The lowest BCUT2D eigenvalue weighted by molar-refractivity contribution is -0.146. The van der Waals surface area contributed by atoms with Gasteiger partial charge in [0.25, 0.3) is 11.8 Å². The molecule has 0 aliphatic carbocycles. The van der Waals surface area contributed by atoms with Crippen molar-refractivity contribution in [2.75, 3.05) is 4.90 Å². The summed E-state index contributed by atoms with van der Waals surface area (Å²) in [4.78, 5) is 25.6. The van der Waals surface area contributed by atoms with Gasteiger partial charge in [-0.1, -0.05) is 0 Å². The van der Waals surface area contributed by atoms with Crippen LogP contribution in [0.25, 0.3) is 0 Å². The van der Waals surface area contributed by atoms with Crippen LogP contribution in [0.4, 0.5) is 10.1 Å². The largest absolute Gasteiger partial charge is 0.355 e. The maximum Gasteiger partial charge on any atom is 0.262 e. The van der Waals surface area contributed by atoms with E-state index in [1.54, 1.807) is 6.92 Å². The molecule has 19 heavy (non-hydrogen) atoms. The standard InChI is InChI=1S/C13H11BrFNO3/c1-6-4-8(15)7(14)5-9(6)16-12(17)10-2-3-11(19-10)13(16)18/h4-5,10-11H,2-3H2,1H3. The average molecular weight is 328 g/mol. The number of carbonyl (C=O) groups excluding carboxylic acids is 2. The molecule has 2 amide bonds. The van der Waals surface area contributed by atoms with Crippen LogP contribution >= 0.6 is 15.9 Å². The monoisotopic (exact) mass is 327 g/mol. The van der Waals surface area contributed by atoms with E-state index in [2.05, 4.69) is 15.9 Å². The molecule has 2 atom stereocenters. The fourth-order valence-corrected chi connectivity index (χ4v) is 2.84. The van der Waals surface area contributed by atoms with Crippen LogP contribution in [-0.4, -0.2) is 24.0 Å². The molecule has 1 aromatic carbocycles. The Morgan fingerprint density at radius 1 is 1.26 bits per heavy atom. The number of imide groups is 1. The Labute approximate surface area is 117 Å². The molecular weight excluding hydrogens is 317 g/mol. The Morgan fingerprint density at radius 3 is 2.42 bits per heavy atom. The van der Waals surface area contributed by atoms with Crippen molar-refractivity contribution >= 4 is 33.4 Å². The molecular formula is C13H11BrFNO3. The Kier molecular flexibility index (Phi) is 2.94. The number of aryl methyl sites for hydroxylation is 1. The minimum atomic E-state index is -0.550. The van der Waals surface area contributed by atoms with E-state index < -0.39 is 18.0 Å². The molecule has 2 heterocycles. The Morgan fingerprint density at radius 2 is 1.84 bits per heavy atom. The molecule has 2 saturated heterocycles. The zero-order valence-corrected chi connectivity index (χ0v) is 11.7. The number of ether oxygens (including phenoxy) is 1. The van der Waals surface area contributed by atoms with Crippen LogP contribution in [0, 0.1) is 12.7 Å². The number of carbonyl (C=O) groups is 2. The van der Waals surface area contributed by atoms with Gasteiger partial charge in [0, 0.05) is 0 Å². The van der Waals surface area contributed by atoms with Gasteiger partial charge >= 0.3 is 0 Å². The van der Waals surface area contributed by atoms with Gasteiger partial charge in [0.1, 0.15) is 18.0 Å². The van der Waals surface area contributed by atoms with E-state index in [0.717, 1.165) is 4.90 Å². The van der Waals surface area contributed by atoms with Crippen LogP contribution in [-0.2, 0) is 14.3 Å². The highest BCUT2D eigenvalue weighted by Gasteiger charge is 2.47. The van der Waals surface area contributed by atoms with Crippen LogP contribution in [0.1, 0.15) is 18.4 Å². The van der Waals surface area contributed by atoms with E-state index in [4.69, 9.17) is 4.74 Å². The summed E-state index contributed by atoms with van der Waals surface area (Å²) in [6, 6.07) is 2.77. The number of morpholine rings is 1. The molecule has 3 rings (SSSR count). The number of nitrogens with zero attached hydrogens (tertiary/aromatic N) is 1. The zero-order valence-electron chi connectivity index (χ0n) is 10.2. The summed E-state index contributed by atoms with van der Waals surface area (Å²) in [7, 11) is 0. The van der Waals surface area contributed by atoms with E-state index in [-0.39, 0.29) is 16.3 Å². The van der Waals surface area contributed by atoms with Crippen molar-refractivity contribution in [3.05, 3.63) is 28.0 Å². The predicted octanol–water partition coefficient (Wildman–Crippen LogP) is 2.32. The van der Waals surface area contributed by atoms with Crippen molar-refractivity contribution in [1.29, 1.82) is 0 Å². The molecule has 2 unspecified atom stereocenters. The van der Waals surface area contributed by atoms with Crippen molar-refractivity contribution in [2.24, 2.45) is 0 Å². The highest BCUT2D eigenvalue weighted by Crippen LogP contribution is 2.35. The number of amides is 2. The van der Waals surface area contributed by atoms with E-state index in [0.29, 0.717) is 24.1 Å². The number of fused-ring (bicyclic) bond motifs is 2. The molecule has 0 N–H and O–H groups in total. The predicted molar refractivity (Wildman–Crippen MR) is 69.2 cm³/mol. The first kappa shape index (κ1) is 12.7. The molecule has 0 aromatic heterocycles. The second-order valence-corrected chi connectivity index (χ2v) is 5.61. The number of hydrogen-bond donors (Lipinski definition) is 0. The van der Waals surface area contributed by atoms with Crippen molar-refractivity contribution < 1.29 is 18.7 Å². The van der Waals surface area contributed by atoms with E-state index in [1.165, 1.54) is 12.1 Å². The van der Waals surface area contributed by atoms with Crippen molar-refractivity contribution in [3.63, 3.8) is 0 Å². The van der Waals surface area contributed by atoms with Gasteiger partial charge in [0.2, 0.25) is 0 Å². The first-order valence-corrected chi connectivity index (χ1v) is 6.77. The summed E-state index contributed by atoms with van der Waals surface area (Å²) in [6.07, 6.45) is 0.0252. The molecule has 100 valence electrons. The lowest BCUT2D eigenvalue weighted by atomic mass is 10.1. The van der Waals surface area contributed by atoms with Crippen LogP contribution in [0.5, 0.6) is 0 Å². The van der Waals surface area contributed by atoms with Gasteiger partial charge in [-0.2, -0.15) is 0 Å². The number of rotatable bonds is 1. The lowest BCUT2D eigenvalue weighted by Crippen LogP contribution is -2.52. The number of benzene rings is 1. The number of anilines is 1. The summed E-state index contributed by atoms with van der Waals surface area (Å²) < 4.78 is 19.0. The van der Waals surface area contributed by atoms with Crippen LogP contribution < -0.4 is 4.90 Å². The molecule has 2 aliphatic heterocycles. The van der Waals surface area contributed by atoms with E-state index >= 15 is 0 Å². The molecule has 4 nitrogen and oxygen atoms in total. The number of halogens is 2. The van der Waals surface area contributed by atoms with Gasteiger partial charge in [-0.05, 0) is 53.4 Å². The highest BCUT2D eigenvalue weighted by molar-refractivity contribution is 9.10. The normalized spacial score (nSPS) is 26.2. The molecule has 1 aromatic rings. The third kappa shape index (κ3) is 1.90. The highest BCUT2D eigenvalue weighted by atomic mass is 79.9. The minimum Gasteiger partial charge on any atom is -0.355 e. The molecule has 0 saturated carbocycles. The Hall–Kier alpha value is -1.27. The second-order valence-electron chi connectivity index (χ2n) is 4.76. The summed E-state index contributed by atoms with van der Waals surface area (Å²) >= 11 is 3.08. The number of hydrogen-bond acceptors (Lipinski definition) is 3. The van der Waals surface area contributed by atoms with Gasteiger partial charge in [-0.25, -0.2) is 9.29 Å². The van der Waals surface area contributed by atoms with E-state index in [1.807, 2.05) is 0 Å². The maximum atomic E-state index is 13.4. The fourth-order valence-electron chi connectivity index (χ4n) is 2.51. The Bertz CT molecular complexity index is 567. The molecule has 0 spiro atoms. The average Bonchev–Trinajstić information content (AvgIpc) is 2.80. The molecule has 2 aliphatic rings. The van der Waals surface area contributed by atoms with Crippen LogP contribution in [0.15, 0.2) is 16.6 Å². The molecule has 2 fully saturated rings. The summed E-state index contributed by atoms with van der Waals surface area (Å²) in [5, 5.41) is 0. The molecule has 2 bridgehead atoms. The lowest BCUT2D eigenvalue weighted by Gasteiger charge is -2.31. The van der Waals surface area contributed by atoms with Gasteiger partial charge < -0.3 is 4.74 Å². The van der Waals surface area contributed by atoms with Gasteiger partial charge in [0.15, 0.2) is 0 Å². The van der Waals surface area contributed by atoms with Gasteiger partial charge in [-0.15, -0.1) is 0 Å². The SMILES string of the molecule is Cc1cc(F)c(Br)cc1N1C(=O)C2CCC(O2)C1=O. The summed E-state index contributed by atoms with van der Waals surface area (Å²) in [6.45, 7) is 1.67. The second kappa shape index (κ2) is 4.38. The van der Waals surface area contributed by atoms with Crippen molar-refractivity contribution in [3.8, 4) is 0 Å². The quantitative estimate of drug-likeness (QED) is 0.744. The summed E-state index contributed by atoms with van der Waals surface area (Å²) in [5.41, 5.74) is 0.965. The fraction of sp³-hybridized carbons (Fsp3) is 0.385.